The number of hydrogen-bond donors (Lipinski definition) is 2. The average molecular weight is 373 g/mol. The number of nitrogens with zero attached hydrogens (tertiary/aromatic N) is 1. The fourth-order valence-electron chi connectivity index (χ4n) is 3.34. The summed E-state index contributed by atoms with van der Waals surface area (Å²) in [6, 6.07) is 12.8. The molecule has 0 unspecified atom stereocenters. The SMILES string of the molecule is COc1cc(C2=CC=CNC2)cc(-c2cnc(Nc3cc(C)cc(C)c3)o2)c1. The molecular formula is C23H23N3O2. The summed E-state index contributed by atoms with van der Waals surface area (Å²) >= 11 is 0. The van der Waals surface area contributed by atoms with Crippen LogP contribution >= 0.6 is 0 Å². The first kappa shape index (κ1) is 17.9. The van der Waals surface area contributed by atoms with E-state index in [1.165, 1.54) is 16.7 Å². The largest absolute Gasteiger partial charge is 0.497 e. The molecule has 28 heavy (non-hydrogen) atoms. The van der Waals surface area contributed by atoms with E-state index in [0.717, 1.165) is 29.1 Å². The maximum atomic E-state index is 5.97. The van der Waals surface area contributed by atoms with Crippen LogP contribution in [0.4, 0.5) is 11.7 Å². The molecule has 0 bridgehead atoms. The number of anilines is 2. The molecule has 0 spiro atoms. The lowest BCUT2D eigenvalue weighted by molar-refractivity contribution is 0.414. The molecule has 1 aliphatic rings. The van der Waals surface area contributed by atoms with Crippen molar-refractivity contribution in [3.63, 3.8) is 0 Å². The van der Waals surface area contributed by atoms with Crippen LogP contribution in [-0.4, -0.2) is 18.6 Å². The number of oxazole rings is 1. The van der Waals surface area contributed by atoms with Gasteiger partial charge in [0.1, 0.15) is 5.75 Å². The highest BCUT2D eigenvalue weighted by Crippen LogP contribution is 2.31. The smallest absolute Gasteiger partial charge is 0.299 e. The Morgan fingerprint density at radius 3 is 2.54 bits per heavy atom. The van der Waals surface area contributed by atoms with Crippen LogP contribution in [0.25, 0.3) is 16.9 Å². The number of benzene rings is 2. The molecule has 3 aromatic rings. The van der Waals surface area contributed by atoms with Crippen molar-refractivity contribution in [3.05, 3.63) is 77.6 Å². The van der Waals surface area contributed by atoms with Crippen molar-refractivity contribution in [2.75, 3.05) is 19.0 Å². The Labute approximate surface area is 164 Å². The summed E-state index contributed by atoms with van der Waals surface area (Å²) in [7, 11) is 1.67. The number of ether oxygens (including phenoxy) is 1. The van der Waals surface area contributed by atoms with E-state index in [1.54, 1.807) is 13.3 Å². The first-order chi connectivity index (χ1) is 13.6. The first-order valence-corrected chi connectivity index (χ1v) is 9.21. The molecule has 0 radical (unpaired) electrons. The van der Waals surface area contributed by atoms with Crippen molar-refractivity contribution in [2.24, 2.45) is 0 Å². The lowest BCUT2D eigenvalue weighted by Crippen LogP contribution is -2.11. The average Bonchev–Trinajstić information content (AvgIpc) is 3.16. The van der Waals surface area contributed by atoms with E-state index < -0.39 is 0 Å². The lowest BCUT2D eigenvalue weighted by Gasteiger charge is -2.13. The minimum absolute atomic E-state index is 0.464. The van der Waals surface area contributed by atoms with Crippen molar-refractivity contribution >= 4 is 17.3 Å². The summed E-state index contributed by atoms with van der Waals surface area (Å²) in [5, 5.41) is 6.48. The number of methoxy groups -OCH3 is 1. The Bertz CT molecular complexity index is 1040. The van der Waals surface area contributed by atoms with Gasteiger partial charge in [-0.1, -0.05) is 12.1 Å². The second-order valence-corrected chi connectivity index (χ2v) is 6.91. The number of rotatable bonds is 5. The number of aromatic nitrogens is 1. The van der Waals surface area contributed by atoms with Gasteiger partial charge < -0.3 is 19.8 Å². The van der Waals surface area contributed by atoms with Crippen LogP contribution in [0.3, 0.4) is 0 Å². The third kappa shape index (κ3) is 3.93. The van der Waals surface area contributed by atoms with Gasteiger partial charge in [0, 0.05) is 17.8 Å². The van der Waals surface area contributed by atoms with Crippen LogP contribution in [-0.2, 0) is 0 Å². The molecule has 5 heteroatoms. The predicted molar refractivity (Wildman–Crippen MR) is 113 cm³/mol. The first-order valence-electron chi connectivity index (χ1n) is 9.21. The van der Waals surface area contributed by atoms with Crippen LogP contribution in [0.5, 0.6) is 5.75 Å². The number of nitrogens with one attached hydrogen (secondary N) is 2. The van der Waals surface area contributed by atoms with Gasteiger partial charge in [-0.15, -0.1) is 0 Å². The quantitative estimate of drug-likeness (QED) is 0.643. The molecule has 2 aromatic carbocycles. The molecule has 2 N–H and O–H groups in total. The molecule has 0 saturated carbocycles. The highest BCUT2D eigenvalue weighted by atomic mass is 16.5. The fourth-order valence-corrected chi connectivity index (χ4v) is 3.34. The predicted octanol–water partition coefficient (Wildman–Crippen LogP) is 5.21. The molecule has 0 atom stereocenters. The zero-order valence-electron chi connectivity index (χ0n) is 16.2. The summed E-state index contributed by atoms with van der Waals surface area (Å²) in [4.78, 5) is 4.39. The van der Waals surface area contributed by atoms with Gasteiger partial charge in [-0.25, -0.2) is 4.98 Å². The maximum Gasteiger partial charge on any atom is 0.299 e. The molecule has 2 heterocycles. The zero-order chi connectivity index (χ0) is 19.5. The summed E-state index contributed by atoms with van der Waals surface area (Å²) < 4.78 is 11.5. The van der Waals surface area contributed by atoms with Crippen molar-refractivity contribution in [1.82, 2.24) is 10.3 Å². The second kappa shape index (κ2) is 7.64. The summed E-state index contributed by atoms with van der Waals surface area (Å²) in [5.41, 5.74) is 6.54. The van der Waals surface area contributed by atoms with Gasteiger partial charge in [-0.3, -0.25) is 0 Å². The molecule has 142 valence electrons. The Morgan fingerprint density at radius 1 is 1.04 bits per heavy atom. The Morgan fingerprint density at radius 2 is 1.82 bits per heavy atom. The Kier molecular flexibility index (Phi) is 4.89. The van der Waals surface area contributed by atoms with Crippen LogP contribution in [0, 0.1) is 13.8 Å². The van der Waals surface area contributed by atoms with Gasteiger partial charge in [0.2, 0.25) is 0 Å². The van der Waals surface area contributed by atoms with Crippen LogP contribution in [0.15, 0.2) is 65.4 Å². The number of hydrogen-bond acceptors (Lipinski definition) is 5. The molecule has 0 fully saturated rings. The second-order valence-electron chi connectivity index (χ2n) is 6.91. The molecular weight excluding hydrogens is 350 g/mol. The summed E-state index contributed by atoms with van der Waals surface area (Å²) in [5.74, 6) is 1.47. The highest BCUT2D eigenvalue weighted by molar-refractivity contribution is 5.75. The topological polar surface area (TPSA) is 59.3 Å². The minimum Gasteiger partial charge on any atom is -0.497 e. The normalized spacial score (nSPS) is 13.0. The highest BCUT2D eigenvalue weighted by Gasteiger charge is 2.12. The van der Waals surface area contributed by atoms with Gasteiger partial charge in [0.05, 0.1) is 13.3 Å². The van der Waals surface area contributed by atoms with Crippen molar-refractivity contribution in [1.29, 1.82) is 0 Å². The van der Waals surface area contributed by atoms with E-state index in [9.17, 15) is 0 Å². The molecule has 1 aromatic heterocycles. The molecule has 0 aliphatic carbocycles. The van der Waals surface area contributed by atoms with E-state index in [4.69, 9.17) is 9.15 Å². The van der Waals surface area contributed by atoms with Gasteiger partial charge in [-0.05, 0) is 78.7 Å². The van der Waals surface area contributed by atoms with Gasteiger partial charge >= 0.3 is 0 Å². The Balaban J connectivity index is 1.64. The Hall–Kier alpha value is -3.47. The molecule has 0 amide bonds. The number of aryl methyl sites for hydroxylation is 2. The monoisotopic (exact) mass is 373 g/mol. The van der Waals surface area contributed by atoms with Crippen molar-refractivity contribution in [3.8, 4) is 17.1 Å². The van der Waals surface area contributed by atoms with Crippen molar-refractivity contribution in [2.45, 2.75) is 13.8 Å². The lowest BCUT2D eigenvalue weighted by atomic mass is 10.0. The van der Waals surface area contributed by atoms with Crippen LogP contribution in [0.1, 0.15) is 16.7 Å². The van der Waals surface area contributed by atoms with E-state index in [2.05, 4.69) is 59.8 Å². The zero-order valence-corrected chi connectivity index (χ0v) is 16.2. The van der Waals surface area contributed by atoms with E-state index in [0.29, 0.717) is 11.8 Å². The summed E-state index contributed by atoms with van der Waals surface area (Å²) in [6.45, 7) is 4.92. The molecule has 0 saturated heterocycles. The standard InChI is InChI=1S/C23H23N3O2/c1-15-7-16(2)9-20(8-15)26-23-25-14-22(28-23)19-10-18(11-21(12-19)27-3)17-5-4-6-24-13-17/h4-12,14,24H,13H2,1-3H3,(H,25,26). The molecule has 5 nitrogen and oxygen atoms in total. The molecule has 1 aliphatic heterocycles. The van der Waals surface area contributed by atoms with Gasteiger partial charge in [0.25, 0.3) is 6.01 Å². The van der Waals surface area contributed by atoms with Gasteiger partial charge in [0.15, 0.2) is 5.76 Å². The van der Waals surface area contributed by atoms with Gasteiger partial charge in [-0.2, -0.15) is 0 Å². The maximum absolute atomic E-state index is 5.97. The van der Waals surface area contributed by atoms with E-state index in [-0.39, 0.29) is 0 Å². The number of dihydropyridines is 1. The summed E-state index contributed by atoms with van der Waals surface area (Å²) in [6.07, 6.45) is 7.77. The minimum atomic E-state index is 0.464. The third-order valence-corrected chi connectivity index (χ3v) is 4.58. The fraction of sp³-hybridized carbons (Fsp3) is 0.174. The van der Waals surface area contributed by atoms with Crippen LogP contribution in [0.2, 0.25) is 0 Å². The van der Waals surface area contributed by atoms with E-state index >= 15 is 0 Å². The number of allylic oxidation sites excluding steroid dienone is 2. The van der Waals surface area contributed by atoms with E-state index in [1.807, 2.05) is 24.4 Å². The van der Waals surface area contributed by atoms with Crippen LogP contribution < -0.4 is 15.4 Å². The van der Waals surface area contributed by atoms with Crippen molar-refractivity contribution < 1.29 is 9.15 Å². The molecule has 4 rings (SSSR count). The third-order valence-electron chi connectivity index (χ3n) is 4.58.